The average molecular weight is 283 g/mol. The van der Waals surface area contributed by atoms with Crippen molar-refractivity contribution in [3.63, 3.8) is 0 Å². The highest BCUT2D eigenvalue weighted by atomic mass is 16.6. The SMILES string of the molecule is CC(=O)OCCOCCOCCOc1ccccc1N. The Bertz CT molecular complexity index is 397. The highest BCUT2D eigenvalue weighted by Crippen LogP contribution is 2.19. The number of ether oxygens (including phenoxy) is 4. The smallest absolute Gasteiger partial charge is 0.302 e. The van der Waals surface area contributed by atoms with Gasteiger partial charge in [-0.05, 0) is 12.1 Å². The van der Waals surface area contributed by atoms with Crippen molar-refractivity contribution in [3.05, 3.63) is 24.3 Å². The van der Waals surface area contributed by atoms with Gasteiger partial charge < -0.3 is 24.7 Å². The van der Waals surface area contributed by atoms with Crippen LogP contribution in [0.25, 0.3) is 0 Å². The molecule has 0 unspecified atom stereocenters. The Morgan fingerprint density at radius 2 is 1.60 bits per heavy atom. The first-order valence-corrected chi connectivity index (χ1v) is 6.46. The molecule has 0 fully saturated rings. The number of para-hydroxylation sites is 2. The van der Waals surface area contributed by atoms with Gasteiger partial charge in [0.05, 0.1) is 32.1 Å². The van der Waals surface area contributed by atoms with Crippen molar-refractivity contribution in [1.82, 2.24) is 0 Å². The molecule has 0 aliphatic rings. The number of carbonyl (C=O) groups is 1. The van der Waals surface area contributed by atoms with Crippen LogP contribution in [0.2, 0.25) is 0 Å². The summed E-state index contributed by atoms with van der Waals surface area (Å²) in [5, 5.41) is 0. The Hall–Kier alpha value is -1.79. The molecule has 0 heterocycles. The van der Waals surface area contributed by atoms with Gasteiger partial charge >= 0.3 is 5.97 Å². The number of benzene rings is 1. The van der Waals surface area contributed by atoms with E-state index >= 15 is 0 Å². The lowest BCUT2D eigenvalue weighted by molar-refractivity contribution is -0.142. The van der Waals surface area contributed by atoms with E-state index in [1.807, 2.05) is 18.2 Å². The molecule has 1 aromatic rings. The fourth-order valence-electron chi connectivity index (χ4n) is 1.39. The zero-order valence-corrected chi connectivity index (χ0v) is 11.7. The van der Waals surface area contributed by atoms with Crippen LogP contribution in [0.5, 0.6) is 5.75 Å². The molecular weight excluding hydrogens is 262 g/mol. The van der Waals surface area contributed by atoms with E-state index in [0.29, 0.717) is 44.5 Å². The first kappa shape index (κ1) is 16.3. The van der Waals surface area contributed by atoms with Crippen molar-refractivity contribution < 1.29 is 23.7 Å². The van der Waals surface area contributed by atoms with Crippen LogP contribution in [0.1, 0.15) is 6.92 Å². The summed E-state index contributed by atoms with van der Waals surface area (Å²) in [6, 6.07) is 7.32. The van der Waals surface area contributed by atoms with Gasteiger partial charge in [-0.15, -0.1) is 0 Å². The number of rotatable bonds is 10. The molecule has 20 heavy (non-hydrogen) atoms. The lowest BCUT2D eigenvalue weighted by Crippen LogP contribution is -2.13. The van der Waals surface area contributed by atoms with E-state index in [2.05, 4.69) is 0 Å². The van der Waals surface area contributed by atoms with Crippen LogP contribution in [-0.4, -0.2) is 45.6 Å². The molecule has 6 heteroatoms. The first-order valence-electron chi connectivity index (χ1n) is 6.46. The number of esters is 1. The molecule has 0 aromatic heterocycles. The molecule has 0 aliphatic carbocycles. The van der Waals surface area contributed by atoms with Gasteiger partial charge in [0, 0.05) is 6.92 Å². The van der Waals surface area contributed by atoms with Crippen molar-refractivity contribution in [3.8, 4) is 5.75 Å². The molecule has 1 aromatic carbocycles. The maximum atomic E-state index is 10.5. The maximum absolute atomic E-state index is 10.5. The predicted octanol–water partition coefficient (Wildman–Crippen LogP) is 1.24. The Morgan fingerprint density at radius 1 is 1.00 bits per heavy atom. The van der Waals surface area contributed by atoms with Crippen LogP contribution in [0.4, 0.5) is 5.69 Å². The number of anilines is 1. The fraction of sp³-hybridized carbons (Fsp3) is 0.500. The van der Waals surface area contributed by atoms with E-state index in [1.54, 1.807) is 6.07 Å². The second-order valence-electron chi connectivity index (χ2n) is 3.95. The largest absolute Gasteiger partial charge is 0.489 e. The second-order valence-corrected chi connectivity index (χ2v) is 3.95. The Kier molecular flexibility index (Phi) is 8.17. The average Bonchev–Trinajstić information content (AvgIpc) is 2.42. The Labute approximate surface area is 118 Å². The van der Waals surface area contributed by atoms with Crippen LogP contribution in [-0.2, 0) is 19.0 Å². The zero-order valence-electron chi connectivity index (χ0n) is 11.7. The standard InChI is InChI=1S/C14H21NO5/c1-12(16)19-10-8-17-6-7-18-9-11-20-14-5-3-2-4-13(14)15/h2-5H,6-11,15H2,1H3. The Balaban J connectivity index is 1.90. The number of carbonyl (C=O) groups excluding carboxylic acids is 1. The van der Waals surface area contributed by atoms with Gasteiger partial charge in [0.15, 0.2) is 0 Å². The number of nitrogens with two attached hydrogens (primary N) is 1. The van der Waals surface area contributed by atoms with Crippen molar-refractivity contribution in [2.75, 3.05) is 45.4 Å². The summed E-state index contributed by atoms with van der Waals surface area (Å²) in [5.41, 5.74) is 6.34. The molecule has 0 radical (unpaired) electrons. The quantitative estimate of drug-likeness (QED) is 0.395. The predicted molar refractivity (Wildman–Crippen MR) is 74.6 cm³/mol. The van der Waals surface area contributed by atoms with Gasteiger partial charge in [-0.1, -0.05) is 12.1 Å². The molecule has 0 atom stereocenters. The lowest BCUT2D eigenvalue weighted by Gasteiger charge is -2.09. The van der Waals surface area contributed by atoms with Crippen molar-refractivity contribution in [1.29, 1.82) is 0 Å². The molecule has 0 spiro atoms. The van der Waals surface area contributed by atoms with Crippen molar-refractivity contribution in [2.45, 2.75) is 6.92 Å². The maximum Gasteiger partial charge on any atom is 0.302 e. The van der Waals surface area contributed by atoms with Gasteiger partial charge in [-0.2, -0.15) is 0 Å². The van der Waals surface area contributed by atoms with E-state index in [0.717, 1.165) is 0 Å². The molecule has 0 amide bonds. The van der Waals surface area contributed by atoms with Crippen LogP contribution < -0.4 is 10.5 Å². The third-order valence-corrected chi connectivity index (χ3v) is 2.31. The molecule has 0 aliphatic heterocycles. The summed E-state index contributed by atoms with van der Waals surface area (Å²) in [4.78, 5) is 10.5. The van der Waals surface area contributed by atoms with Crippen LogP contribution in [0.15, 0.2) is 24.3 Å². The second kappa shape index (κ2) is 10.1. The highest BCUT2D eigenvalue weighted by molar-refractivity contribution is 5.65. The minimum atomic E-state index is -0.304. The summed E-state index contributed by atoms with van der Waals surface area (Å²) in [6.45, 7) is 3.82. The van der Waals surface area contributed by atoms with Gasteiger partial charge in [0.1, 0.15) is 19.0 Å². The zero-order chi connectivity index (χ0) is 14.6. The van der Waals surface area contributed by atoms with Gasteiger partial charge in [0.2, 0.25) is 0 Å². The highest BCUT2D eigenvalue weighted by Gasteiger charge is 1.98. The molecule has 1 rings (SSSR count). The monoisotopic (exact) mass is 283 g/mol. The van der Waals surface area contributed by atoms with Crippen LogP contribution in [0, 0.1) is 0 Å². The molecular formula is C14H21NO5. The first-order chi connectivity index (χ1) is 9.70. The van der Waals surface area contributed by atoms with Crippen molar-refractivity contribution >= 4 is 11.7 Å². The number of hydrogen-bond acceptors (Lipinski definition) is 6. The molecule has 112 valence electrons. The van der Waals surface area contributed by atoms with E-state index in [-0.39, 0.29) is 12.6 Å². The molecule has 6 nitrogen and oxygen atoms in total. The third kappa shape index (κ3) is 7.60. The summed E-state index contributed by atoms with van der Waals surface area (Å²) in [6.07, 6.45) is 0. The molecule has 0 saturated heterocycles. The lowest BCUT2D eigenvalue weighted by atomic mass is 10.3. The minimum Gasteiger partial charge on any atom is -0.489 e. The summed E-state index contributed by atoms with van der Waals surface area (Å²) in [7, 11) is 0. The van der Waals surface area contributed by atoms with Crippen molar-refractivity contribution in [2.24, 2.45) is 0 Å². The fourth-order valence-corrected chi connectivity index (χ4v) is 1.39. The molecule has 0 saturated carbocycles. The Morgan fingerprint density at radius 3 is 2.25 bits per heavy atom. The van der Waals surface area contributed by atoms with Gasteiger partial charge in [-0.25, -0.2) is 0 Å². The number of hydrogen-bond donors (Lipinski definition) is 1. The van der Waals surface area contributed by atoms with Crippen LogP contribution >= 0.6 is 0 Å². The van der Waals surface area contributed by atoms with E-state index in [9.17, 15) is 4.79 Å². The van der Waals surface area contributed by atoms with E-state index < -0.39 is 0 Å². The van der Waals surface area contributed by atoms with E-state index in [1.165, 1.54) is 6.92 Å². The summed E-state index contributed by atoms with van der Waals surface area (Å²) < 4.78 is 20.7. The van der Waals surface area contributed by atoms with Crippen LogP contribution in [0.3, 0.4) is 0 Å². The summed E-state index contributed by atoms with van der Waals surface area (Å²) in [5.74, 6) is 0.357. The molecule has 2 N–H and O–H groups in total. The van der Waals surface area contributed by atoms with E-state index in [4.69, 9.17) is 24.7 Å². The van der Waals surface area contributed by atoms with Gasteiger partial charge in [-0.3, -0.25) is 4.79 Å². The normalized spacial score (nSPS) is 10.2. The minimum absolute atomic E-state index is 0.270. The third-order valence-electron chi connectivity index (χ3n) is 2.31. The topological polar surface area (TPSA) is 80.0 Å². The summed E-state index contributed by atoms with van der Waals surface area (Å²) >= 11 is 0. The number of nitrogen functional groups attached to an aromatic ring is 1. The molecule has 0 bridgehead atoms. The van der Waals surface area contributed by atoms with Gasteiger partial charge in [0.25, 0.3) is 0 Å².